The fourth-order valence-electron chi connectivity index (χ4n) is 1.31. The van der Waals surface area contributed by atoms with Gasteiger partial charge >= 0.3 is 0 Å². The molecule has 2 nitrogen and oxygen atoms in total. The molecule has 0 fully saturated rings. The first-order valence-electron chi connectivity index (χ1n) is 4.73. The van der Waals surface area contributed by atoms with Crippen LogP contribution in [0.25, 0.3) is 0 Å². The Morgan fingerprint density at radius 2 is 1.80 bits per heavy atom. The molecule has 0 spiro atoms. The van der Waals surface area contributed by atoms with Crippen LogP contribution in [0.1, 0.15) is 5.56 Å². The molecule has 1 heterocycles. The molecule has 0 atom stereocenters. The van der Waals surface area contributed by atoms with E-state index in [0.29, 0.717) is 0 Å². The molecule has 2 rings (SSSR count). The lowest BCUT2D eigenvalue weighted by Crippen LogP contribution is -1.99. The number of nitrogens with zero attached hydrogens (tertiary/aromatic N) is 1. The summed E-state index contributed by atoms with van der Waals surface area (Å²) in [6.07, 6.45) is 3.52. The lowest BCUT2D eigenvalue weighted by molar-refractivity contribution is 1.14. The maximum Gasteiger partial charge on any atom is 0.0455 e. The second-order valence-corrected chi connectivity index (χ2v) is 3.59. The third-order valence-electron chi connectivity index (χ3n) is 2.12. The van der Waals surface area contributed by atoms with Gasteiger partial charge in [0.15, 0.2) is 0 Å². The van der Waals surface area contributed by atoms with Gasteiger partial charge in [-0.25, -0.2) is 0 Å². The number of halogens is 1. The Bertz CT molecular complexity index is 429. The van der Waals surface area contributed by atoms with Crippen LogP contribution in [0.2, 0.25) is 5.02 Å². The van der Waals surface area contributed by atoms with Crippen LogP contribution >= 0.6 is 11.6 Å². The summed E-state index contributed by atoms with van der Waals surface area (Å²) in [5.74, 6) is 0. The highest BCUT2D eigenvalue weighted by molar-refractivity contribution is 6.31. The summed E-state index contributed by atoms with van der Waals surface area (Å²) in [7, 11) is 0. The Labute approximate surface area is 93.9 Å². The third-order valence-corrected chi connectivity index (χ3v) is 2.49. The summed E-state index contributed by atoms with van der Waals surface area (Å²) in [4.78, 5) is 3.95. The standard InChI is InChI=1S/C12H11ClN2/c13-12-4-2-1-3-10(12)9-15-11-5-7-14-8-6-11/h1-8H,9H2,(H,14,15). The van der Waals surface area contributed by atoms with Gasteiger partial charge in [-0.2, -0.15) is 0 Å². The van der Waals surface area contributed by atoms with Crippen LogP contribution in [0.5, 0.6) is 0 Å². The molecule has 1 N–H and O–H groups in total. The van der Waals surface area contributed by atoms with Crippen molar-refractivity contribution in [2.45, 2.75) is 6.54 Å². The highest BCUT2D eigenvalue weighted by atomic mass is 35.5. The molecule has 0 aliphatic carbocycles. The van der Waals surface area contributed by atoms with Gasteiger partial charge in [0.25, 0.3) is 0 Å². The molecule has 0 amide bonds. The number of rotatable bonds is 3. The molecule has 0 saturated carbocycles. The topological polar surface area (TPSA) is 24.9 Å². The van der Waals surface area contributed by atoms with E-state index < -0.39 is 0 Å². The van der Waals surface area contributed by atoms with Gasteiger partial charge in [0.05, 0.1) is 0 Å². The molecule has 0 radical (unpaired) electrons. The number of nitrogens with one attached hydrogen (secondary N) is 1. The zero-order chi connectivity index (χ0) is 10.5. The molecule has 0 saturated heterocycles. The monoisotopic (exact) mass is 218 g/mol. The molecule has 3 heteroatoms. The van der Waals surface area contributed by atoms with Crippen molar-refractivity contribution in [1.82, 2.24) is 4.98 Å². The number of aromatic nitrogens is 1. The van der Waals surface area contributed by atoms with E-state index in [1.165, 1.54) is 0 Å². The number of benzene rings is 1. The van der Waals surface area contributed by atoms with E-state index >= 15 is 0 Å². The highest BCUT2D eigenvalue weighted by Gasteiger charge is 1.97. The van der Waals surface area contributed by atoms with Crippen molar-refractivity contribution in [2.24, 2.45) is 0 Å². The Hall–Kier alpha value is -1.54. The summed E-state index contributed by atoms with van der Waals surface area (Å²) < 4.78 is 0. The van der Waals surface area contributed by atoms with Crippen molar-refractivity contribution in [3.63, 3.8) is 0 Å². The van der Waals surface area contributed by atoms with Crippen LogP contribution in [0.15, 0.2) is 48.8 Å². The molecule has 1 aromatic carbocycles. The van der Waals surface area contributed by atoms with Crippen LogP contribution in [0.3, 0.4) is 0 Å². The average molecular weight is 219 g/mol. The van der Waals surface area contributed by atoms with Crippen LogP contribution in [-0.4, -0.2) is 4.98 Å². The van der Waals surface area contributed by atoms with E-state index in [2.05, 4.69) is 10.3 Å². The Balaban J connectivity index is 2.03. The number of anilines is 1. The average Bonchev–Trinajstić information content (AvgIpc) is 2.29. The molecule has 76 valence electrons. The molecule has 0 bridgehead atoms. The van der Waals surface area contributed by atoms with Gasteiger partial charge in [0.2, 0.25) is 0 Å². The quantitative estimate of drug-likeness (QED) is 0.855. The third kappa shape index (κ3) is 2.70. The Morgan fingerprint density at radius 3 is 2.53 bits per heavy atom. The van der Waals surface area contributed by atoms with E-state index in [1.807, 2.05) is 36.4 Å². The van der Waals surface area contributed by atoms with Crippen LogP contribution in [0.4, 0.5) is 5.69 Å². The van der Waals surface area contributed by atoms with E-state index in [1.54, 1.807) is 12.4 Å². The first-order chi connectivity index (χ1) is 7.36. The van der Waals surface area contributed by atoms with Crippen molar-refractivity contribution in [1.29, 1.82) is 0 Å². The van der Waals surface area contributed by atoms with Crippen LogP contribution in [-0.2, 0) is 6.54 Å². The van der Waals surface area contributed by atoms with Crippen LogP contribution < -0.4 is 5.32 Å². The molecule has 1 aromatic heterocycles. The first kappa shape index (κ1) is 9.99. The normalized spacial score (nSPS) is 9.93. The fourth-order valence-corrected chi connectivity index (χ4v) is 1.51. The van der Waals surface area contributed by atoms with Crippen molar-refractivity contribution < 1.29 is 0 Å². The zero-order valence-electron chi connectivity index (χ0n) is 8.15. The summed E-state index contributed by atoms with van der Waals surface area (Å²) in [6, 6.07) is 11.7. The summed E-state index contributed by atoms with van der Waals surface area (Å²) >= 11 is 6.04. The Morgan fingerprint density at radius 1 is 1.07 bits per heavy atom. The molecular weight excluding hydrogens is 208 g/mol. The molecule has 0 unspecified atom stereocenters. The van der Waals surface area contributed by atoms with Gasteiger partial charge < -0.3 is 5.32 Å². The lowest BCUT2D eigenvalue weighted by Gasteiger charge is -2.07. The van der Waals surface area contributed by atoms with E-state index in [-0.39, 0.29) is 0 Å². The van der Waals surface area contributed by atoms with Gasteiger partial charge in [-0.3, -0.25) is 4.98 Å². The van der Waals surface area contributed by atoms with E-state index in [0.717, 1.165) is 22.8 Å². The van der Waals surface area contributed by atoms with Gasteiger partial charge in [0.1, 0.15) is 0 Å². The van der Waals surface area contributed by atoms with E-state index in [4.69, 9.17) is 11.6 Å². The predicted octanol–water partition coefficient (Wildman–Crippen LogP) is 3.35. The van der Waals surface area contributed by atoms with Crippen molar-refractivity contribution >= 4 is 17.3 Å². The lowest BCUT2D eigenvalue weighted by atomic mass is 10.2. The SMILES string of the molecule is Clc1ccccc1CNc1ccncc1. The largest absolute Gasteiger partial charge is 0.381 e. The minimum absolute atomic E-state index is 0.726. The van der Waals surface area contributed by atoms with Gasteiger partial charge in [-0.1, -0.05) is 29.8 Å². The van der Waals surface area contributed by atoms with Gasteiger partial charge in [-0.05, 0) is 23.8 Å². The molecule has 2 aromatic rings. The van der Waals surface area contributed by atoms with Gasteiger partial charge in [0, 0.05) is 29.6 Å². The van der Waals surface area contributed by atoms with Crippen LogP contribution in [0, 0.1) is 0 Å². The first-order valence-corrected chi connectivity index (χ1v) is 5.11. The maximum absolute atomic E-state index is 6.04. The fraction of sp³-hybridized carbons (Fsp3) is 0.0833. The van der Waals surface area contributed by atoms with E-state index in [9.17, 15) is 0 Å². The maximum atomic E-state index is 6.04. The summed E-state index contributed by atoms with van der Waals surface area (Å²) in [6.45, 7) is 0.726. The van der Waals surface area contributed by atoms with Crippen molar-refractivity contribution in [2.75, 3.05) is 5.32 Å². The Kier molecular flexibility index (Phi) is 3.20. The van der Waals surface area contributed by atoms with Crippen molar-refractivity contribution in [3.05, 3.63) is 59.4 Å². The minimum atomic E-state index is 0.726. The highest BCUT2D eigenvalue weighted by Crippen LogP contribution is 2.16. The second kappa shape index (κ2) is 4.80. The summed E-state index contributed by atoms with van der Waals surface area (Å²) in [5, 5.41) is 4.07. The molecule has 0 aliphatic heterocycles. The zero-order valence-corrected chi connectivity index (χ0v) is 8.91. The number of hydrogen-bond acceptors (Lipinski definition) is 2. The predicted molar refractivity (Wildman–Crippen MR) is 63.0 cm³/mol. The smallest absolute Gasteiger partial charge is 0.0455 e. The van der Waals surface area contributed by atoms with Gasteiger partial charge in [-0.15, -0.1) is 0 Å². The van der Waals surface area contributed by atoms with Crippen molar-refractivity contribution in [3.8, 4) is 0 Å². The molecule has 15 heavy (non-hydrogen) atoms. The minimum Gasteiger partial charge on any atom is -0.381 e. The molecule has 0 aliphatic rings. The molecular formula is C12H11ClN2. The second-order valence-electron chi connectivity index (χ2n) is 3.18. The number of pyridine rings is 1. The summed E-state index contributed by atoms with van der Waals surface area (Å²) in [5.41, 5.74) is 2.14. The number of hydrogen-bond donors (Lipinski definition) is 1.